The maximum absolute atomic E-state index is 13.0. The summed E-state index contributed by atoms with van der Waals surface area (Å²) in [7, 11) is 1.34. The van der Waals surface area contributed by atoms with E-state index in [1.165, 1.54) is 7.11 Å². The van der Waals surface area contributed by atoms with Crippen molar-refractivity contribution in [3.05, 3.63) is 95.6 Å². The summed E-state index contributed by atoms with van der Waals surface area (Å²) in [5, 5.41) is 22.1. The van der Waals surface area contributed by atoms with Gasteiger partial charge in [0.05, 0.1) is 25.5 Å². The third-order valence-electron chi connectivity index (χ3n) is 5.45. The van der Waals surface area contributed by atoms with Crippen molar-refractivity contribution in [1.29, 1.82) is 0 Å². The number of benzene rings is 1. The lowest BCUT2D eigenvalue weighted by atomic mass is 10.0. The van der Waals surface area contributed by atoms with Gasteiger partial charge in [0, 0.05) is 37.9 Å². The summed E-state index contributed by atoms with van der Waals surface area (Å²) in [5.41, 5.74) is 3.48. The van der Waals surface area contributed by atoms with Gasteiger partial charge in [-0.3, -0.25) is 24.4 Å². The van der Waals surface area contributed by atoms with E-state index in [1.807, 2.05) is 24.3 Å². The molecule has 0 radical (unpaired) electrons. The maximum Gasteiger partial charge on any atom is 0.337 e. The molecule has 0 aliphatic carbocycles. The van der Waals surface area contributed by atoms with Crippen LogP contribution in [0.3, 0.4) is 0 Å². The zero-order chi connectivity index (χ0) is 28.5. The second-order valence-corrected chi connectivity index (χ2v) is 8.29. The number of carboxylic acid groups (broad SMARTS) is 2. The van der Waals surface area contributed by atoms with Crippen LogP contribution in [0.4, 0.5) is 0 Å². The number of ether oxygens (including phenoxy) is 1. The molecule has 3 rings (SSSR count). The van der Waals surface area contributed by atoms with Gasteiger partial charge < -0.3 is 25.6 Å². The molecule has 1 aromatic carbocycles. The average molecular weight is 537 g/mol. The zero-order valence-electron chi connectivity index (χ0n) is 21.6. The Morgan fingerprint density at radius 2 is 1.26 bits per heavy atom. The molecule has 4 N–H and O–H groups in total. The Morgan fingerprint density at radius 1 is 0.769 bits per heavy atom. The molecular formula is C28H32N4O7. The summed E-state index contributed by atoms with van der Waals surface area (Å²) in [6.07, 6.45) is 7.88. The van der Waals surface area contributed by atoms with Gasteiger partial charge in [-0.2, -0.15) is 0 Å². The van der Waals surface area contributed by atoms with E-state index >= 15 is 0 Å². The van der Waals surface area contributed by atoms with Gasteiger partial charge in [0.25, 0.3) is 0 Å². The number of carboxylic acids is 2. The number of hydrogen-bond acceptors (Lipinski definition) is 8. The van der Waals surface area contributed by atoms with Crippen LogP contribution in [0.15, 0.2) is 73.3 Å². The number of hydrogen-bond donors (Lipinski definition) is 4. The lowest BCUT2D eigenvalue weighted by molar-refractivity contribution is -0.143. The number of esters is 1. The molecule has 0 bridgehead atoms. The van der Waals surface area contributed by atoms with Gasteiger partial charge >= 0.3 is 17.9 Å². The van der Waals surface area contributed by atoms with Crippen molar-refractivity contribution in [3.8, 4) is 0 Å². The topological polar surface area (TPSA) is 168 Å². The van der Waals surface area contributed by atoms with Gasteiger partial charge in [-0.25, -0.2) is 4.79 Å². The van der Waals surface area contributed by atoms with Crippen LogP contribution in [0.5, 0.6) is 0 Å². The van der Waals surface area contributed by atoms with E-state index in [0.717, 1.165) is 29.5 Å². The molecule has 0 fully saturated rings. The molecule has 0 spiro atoms. The number of aliphatic carboxylic acids is 2. The highest BCUT2D eigenvalue weighted by molar-refractivity contribution is 5.89. The van der Waals surface area contributed by atoms with Crippen LogP contribution in [0.1, 0.15) is 45.9 Å². The number of carbonyl (C=O) groups is 4. The smallest absolute Gasteiger partial charge is 0.337 e. The molecule has 2 heterocycles. The van der Waals surface area contributed by atoms with Gasteiger partial charge in [-0.1, -0.05) is 12.1 Å². The Morgan fingerprint density at radius 3 is 1.72 bits per heavy atom. The van der Waals surface area contributed by atoms with Crippen LogP contribution >= 0.6 is 0 Å². The van der Waals surface area contributed by atoms with E-state index < -0.39 is 23.9 Å². The Balaban J connectivity index is 0.000000580. The van der Waals surface area contributed by atoms with E-state index in [9.17, 15) is 19.2 Å². The molecule has 1 unspecified atom stereocenters. The molecule has 1 amide bonds. The lowest BCUT2D eigenvalue weighted by Gasteiger charge is -2.19. The number of pyridine rings is 2. The highest BCUT2D eigenvalue weighted by Crippen LogP contribution is 2.15. The van der Waals surface area contributed by atoms with Gasteiger partial charge in [-0.15, -0.1) is 0 Å². The van der Waals surface area contributed by atoms with Crippen molar-refractivity contribution in [2.45, 2.75) is 31.7 Å². The number of carbonyl (C=O) groups excluding carboxylic acids is 2. The minimum Gasteiger partial charge on any atom is -0.481 e. The molecule has 206 valence electrons. The van der Waals surface area contributed by atoms with Crippen LogP contribution < -0.4 is 10.6 Å². The molecule has 0 saturated heterocycles. The highest BCUT2D eigenvalue weighted by atomic mass is 16.5. The van der Waals surface area contributed by atoms with Gasteiger partial charge in [0.15, 0.2) is 0 Å². The molecule has 39 heavy (non-hydrogen) atoms. The molecule has 11 nitrogen and oxygen atoms in total. The monoisotopic (exact) mass is 536 g/mol. The Kier molecular flexibility index (Phi) is 13.3. The van der Waals surface area contributed by atoms with Crippen molar-refractivity contribution in [2.75, 3.05) is 20.2 Å². The quantitative estimate of drug-likeness (QED) is 0.238. The third kappa shape index (κ3) is 12.0. The van der Waals surface area contributed by atoms with Crippen LogP contribution in [0.2, 0.25) is 0 Å². The second-order valence-electron chi connectivity index (χ2n) is 8.29. The first-order valence-corrected chi connectivity index (χ1v) is 12.2. The molecule has 0 aliphatic rings. The fraction of sp³-hybridized carbons (Fsp3) is 0.286. The van der Waals surface area contributed by atoms with Gasteiger partial charge in [0.1, 0.15) is 6.04 Å². The molecule has 1 atom stereocenters. The van der Waals surface area contributed by atoms with Gasteiger partial charge in [-0.05, 0) is 65.9 Å². The fourth-order valence-electron chi connectivity index (χ4n) is 3.40. The minimum atomic E-state index is -1.08. The third-order valence-corrected chi connectivity index (χ3v) is 5.45. The first-order chi connectivity index (χ1) is 18.8. The molecule has 2 aromatic heterocycles. The second kappa shape index (κ2) is 17.0. The summed E-state index contributed by atoms with van der Waals surface area (Å²) >= 11 is 0. The van der Waals surface area contributed by atoms with E-state index in [-0.39, 0.29) is 18.7 Å². The first-order valence-electron chi connectivity index (χ1n) is 12.2. The zero-order valence-corrected chi connectivity index (χ0v) is 21.6. The molecule has 0 aliphatic heterocycles. The predicted molar refractivity (Wildman–Crippen MR) is 142 cm³/mol. The van der Waals surface area contributed by atoms with E-state index in [0.29, 0.717) is 18.7 Å². The van der Waals surface area contributed by atoms with Crippen molar-refractivity contribution in [1.82, 2.24) is 20.6 Å². The van der Waals surface area contributed by atoms with Crippen molar-refractivity contribution < 1.29 is 34.1 Å². The Bertz CT molecular complexity index is 1180. The minimum absolute atomic E-state index is 0.116. The SMILES string of the molecule is COC(=O)c1ccc(C(NCCc2ccncc2)C(=O)NCCc2ccncc2)cc1.O=C(O)CCC(=O)O. The van der Waals surface area contributed by atoms with Crippen LogP contribution in [0.25, 0.3) is 0 Å². The largest absolute Gasteiger partial charge is 0.481 e. The van der Waals surface area contributed by atoms with Crippen molar-refractivity contribution in [2.24, 2.45) is 0 Å². The molecular weight excluding hydrogens is 504 g/mol. The Labute approximate surface area is 226 Å². The lowest BCUT2D eigenvalue weighted by Crippen LogP contribution is -2.39. The van der Waals surface area contributed by atoms with Crippen LogP contribution in [-0.4, -0.2) is 64.2 Å². The van der Waals surface area contributed by atoms with E-state index in [4.69, 9.17) is 14.9 Å². The van der Waals surface area contributed by atoms with Crippen LogP contribution in [-0.2, 0) is 32.0 Å². The maximum atomic E-state index is 13.0. The predicted octanol–water partition coefficient (Wildman–Crippen LogP) is 2.43. The standard InChI is InChI=1S/C24H26N4O3.C4H6O4/c1-31-24(30)21-4-2-20(3-5-21)22(27-16-10-18-6-12-25-13-7-18)23(29)28-17-11-19-8-14-26-15-9-19;5-3(6)1-2-4(7)8/h2-9,12-15,22,27H,10-11,16-17H2,1H3,(H,28,29);1-2H2,(H,5,6)(H,7,8). The average Bonchev–Trinajstić information content (AvgIpc) is 2.95. The summed E-state index contributed by atoms with van der Waals surface area (Å²) in [6.45, 7) is 1.14. The molecule has 11 heteroatoms. The number of rotatable bonds is 13. The summed E-state index contributed by atoms with van der Waals surface area (Å²) < 4.78 is 4.75. The number of amides is 1. The molecule has 0 saturated carbocycles. The van der Waals surface area contributed by atoms with E-state index in [1.54, 1.807) is 49.1 Å². The normalized spacial score (nSPS) is 10.9. The summed E-state index contributed by atoms with van der Waals surface area (Å²) in [4.78, 5) is 52.0. The first kappa shape index (κ1) is 30.6. The number of aromatic nitrogens is 2. The Hall–Kier alpha value is -4.64. The molecule has 3 aromatic rings. The number of nitrogens with zero attached hydrogens (tertiary/aromatic N) is 2. The number of nitrogens with one attached hydrogen (secondary N) is 2. The summed E-state index contributed by atoms with van der Waals surface area (Å²) in [6, 6.07) is 14.1. The van der Waals surface area contributed by atoms with Crippen LogP contribution in [0, 0.1) is 0 Å². The summed E-state index contributed by atoms with van der Waals surface area (Å²) in [5.74, 6) is -2.68. The highest BCUT2D eigenvalue weighted by Gasteiger charge is 2.20. The van der Waals surface area contributed by atoms with E-state index in [2.05, 4.69) is 20.6 Å². The fourth-order valence-corrected chi connectivity index (χ4v) is 3.40. The van der Waals surface area contributed by atoms with Crippen molar-refractivity contribution >= 4 is 23.8 Å². The van der Waals surface area contributed by atoms with Gasteiger partial charge in [0.2, 0.25) is 5.91 Å². The number of methoxy groups -OCH3 is 1. The van der Waals surface area contributed by atoms with Crippen molar-refractivity contribution in [3.63, 3.8) is 0 Å².